The van der Waals surface area contributed by atoms with Gasteiger partial charge in [-0.15, -0.1) is 0 Å². The molecule has 2 heterocycles. The first-order valence-corrected chi connectivity index (χ1v) is 7.83. The van der Waals surface area contributed by atoms with Gasteiger partial charge in [-0.2, -0.15) is 0 Å². The molecule has 7 heteroatoms. The average Bonchev–Trinajstić information content (AvgIpc) is 2.37. The molecular formula is C12H18FN3O2S. The van der Waals surface area contributed by atoms with E-state index >= 15 is 0 Å². The number of nitrogens with zero attached hydrogens (tertiary/aromatic N) is 1. The lowest BCUT2D eigenvalue weighted by Crippen LogP contribution is -2.47. The largest absolute Gasteiger partial charge is 0.310 e. The van der Waals surface area contributed by atoms with Gasteiger partial charge in [-0.05, 0) is 31.9 Å². The molecule has 2 atom stereocenters. The van der Waals surface area contributed by atoms with Crippen LogP contribution in [0.3, 0.4) is 0 Å². The van der Waals surface area contributed by atoms with Crippen LogP contribution >= 0.6 is 0 Å². The molecule has 1 aromatic rings. The summed E-state index contributed by atoms with van der Waals surface area (Å²) >= 11 is 0. The molecule has 1 aromatic heterocycles. The van der Waals surface area contributed by atoms with Crippen LogP contribution in [0.2, 0.25) is 0 Å². The Morgan fingerprint density at radius 3 is 3.00 bits per heavy atom. The zero-order valence-corrected chi connectivity index (χ0v) is 11.6. The summed E-state index contributed by atoms with van der Waals surface area (Å²) in [6, 6.07) is 2.92. The lowest BCUT2D eigenvalue weighted by Gasteiger charge is -2.28. The van der Waals surface area contributed by atoms with Gasteiger partial charge in [0.05, 0.1) is 0 Å². The summed E-state index contributed by atoms with van der Waals surface area (Å²) in [7, 11) is -3.88. The topological polar surface area (TPSA) is 71.1 Å². The van der Waals surface area contributed by atoms with E-state index in [1.807, 2.05) is 0 Å². The van der Waals surface area contributed by atoms with Crippen LogP contribution in [0.5, 0.6) is 0 Å². The molecule has 0 aliphatic carbocycles. The fourth-order valence-electron chi connectivity index (χ4n) is 2.25. The average molecular weight is 287 g/mol. The van der Waals surface area contributed by atoms with Gasteiger partial charge in [-0.25, -0.2) is 22.5 Å². The highest BCUT2D eigenvalue weighted by atomic mass is 32.2. The van der Waals surface area contributed by atoms with E-state index in [4.69, 9.17) is 0 Å². The summed E-state index contributed by atoms with van der Waals surface area (Å²) in [6.45, 7) is 2.32. The number of hydrogen-bond acceptors (Lipinski definition) is 4. The van der Waals surface area contributed by atoms with Gasteiger partial charge in [-0.3, -0.25) is 0 Å². The Labute approximate surface area is 112 Å². The summed E-state index contributed by atoms with van der Waals surface area (Å²) in [4.78, 5) is 3.58. The molecule has 1 saturated heterocycles. The SMILES string of the molecule is CC1CCCC(CNS(=O)(=O)c2ncccc2F)N1. The summed E-state index contributed by atoms with van der Waals surface area (Å²) in [5, 5.41) is 2.77. The molecule has 19 heavy (non-hydrogen) atoms. The molecule has 0 spiro atoms. The number of rotatable bonds is 4. The highest BCUT2D eigenvalue weighted by molar-refractivity contribution is 7.89. The summed E-state index contributed by atoms with van der Waals surface area (Å²) in [6.07, 6.45) is 4.34. The van der Waals surface area contributed by atoms with Gasteiger partial charge in [0, 0.05) is 24.8 Å². The smallest absolute Gasteiger partial charge is 0.261 e. The van der Waals surface area contributed by atoms with Crippen LogP contribution in [0.25, 0.3) is 0 Å². The number of pyridine rings is 1. The van der Waals surface area contributed by atoms with Gasteiger partial charge in [0.25, 0.3) is 10.0 Å². The van der Waals surface area contributed by atoms with Gasteiger partial charge in [0.2, 0.25) is 5.03 Å². The van der Waals surface area contributed by atoms with Crippen LogP contribution in [0.4, 0.5) is 4.39 Å². The van der Waals surface area contributed by atoms with E-state index in [2.05, 4.69) is 21.9 Å². The zero-order valence-electron chi connectivity index (χ0n) is 10.8. The first kappa shape index (κ1) is 14.4. The van der Waals surface area contributed by atoms with Crippen molar-refractivity contribution < 1.29 is 12.8 Å². The van der Waals surface area contributed by atoms with Crippen LogP contribution < -0.4 is 10.0 Å². The minimum Gasteiger partial charge on any atom is -0.310 e. The molecule has 2 unspecified atom stereocenters. The minimum absolute atomic E-state index is 0.0882. The van der Waals surface area contributed by atoms with Crippen molar-refractivity contribution in [1.29, 1.82) is 0 Å². The molecule has 1 aliphatic heterocycles. The van der Waals surface area contributed by atoms with Crippen LogP contribution in [0, 0.1) is 5.82 Å². The molecule has 5 nitrogen and oxygen atoms in total. The van der Waals surface area contributed by atoms with Gasteiger partial charge in [0.1, 0.15) is 0 Å². The molecule has 0 aromatic carbocycles. The first-order chi connectivity index (χ1) is 8.99. The monoisotopic (exact) mass is 287 g/mol. The Morgan fingerprint density at radius 1 is 1.53 bits per heavy atom. The summed E-state index contributed by atoms with van der Waals surface area (Å²) in [5.74, 6) is -0.833. The van der Waals surface area contributed by atoms with Crippen molar-refractivity contribution in [3.8, 4) is 0 Å². The Morgan fingerprint density at radius 2 is 2.32 bits per heavy atom. The van der Waals surface area contributed by atoms with Crippen molar-refractivity contribution in [3.63, 3.8) is 0 Å². The maximum Gasteiger partial charge on any atom is 0.261 e. The van der Waals surface area contributed by atoms with Crippen molar-refractivity contribution >= 4 is 10.0 Å². The molecule has 106 valence electrons. The zero-order chi connectivity index (χ0) is 13.9. The lowest BCUT2D eigenvalue weighted by atomic mass is 10.00. The first-order valence-electron chi connectivity index (χ1n) is 6.35. The van der Waals surface area contributed by atoms with E-state index in [0.29, 0.717) is 6.04 Å². The summed E-state index contributed by atoms with van der Waals surface area (Å²) in [5.41, 5.74) is 0. The second kappa shape index (κ2) is 5.94. The van der Waals surface area contributed by atoms with Crippen LogP contribution in [-0.2, 0) is 10.0 Å². The fourth-order valence-corrected chi connectivity index (χ4v) is 3.33. The van der Waals surface area contributed by atoms with Crippen molar-refractivity contribution in [2.45, 2.75) is 43.3 Å². The maximum atomic E-state index is 13.4. The molecule has 0 bridgehead atoms. The molecule has 0 radical (unpaired) electrons. The number of nitrogens with one attached hydrogen (secondary N) is 2. The Bertz CT molecular complexity index is 536. The highest BCUT2D eigenvalue weighted by Crippen LogP contribution is 2.13. The molecular weight excluding hydrogens is 269 g/mol. The number of halogens is 1. The molecule has 2 N–H and O–H groups in total. The third kappa shape index (κ3) is 3.71. The molecule has 0 saturated carbocycles. The molecule has 2 rings (SSSR count). The van der Waals surface area contributed by atoms with E-state index in [-0.39, 0.29) is 12.6 Å². The van der Waals surface area contributed by atoms with Gasteiger partial charge in [-0.1, -0.05) is 6.42 Å². The minimum atomic E-state index is -3.88. The highest BCUT2D eigenvalue weighted by Gasteiger charge is 2.23. The van der Waals surface area contributed by atoms with Crippen LogP contribution in [0.1, 0.15) is 26.2 Å². The predicted octanol–water partition coefficient (Wildman–Crippen LogP) is 1.03. The van der Waals surface area contributed by atoms with Gasteiger partial charge < -0.3 is 5.32 Å². The summed E-state index contributed by atoms with van der Waals surface area (Å²) < 4.78 is 39.7. The van der Waals surface area contributed by atoms with Crippen molar-refractivity contribution in [3.05, 3.63) is 24.1 Å². The van der Waals surface area contributed by atoms with Crippen LogP contribution in [0.15, 0.2) is 23.4 Å². The Balaban J connectivity index is 2.00. The third-order valence-electron chi connectivity index (χ3n) is 3.21. The van der Waals surface area contributed by atoms with E-state index in [9.17, 15) is 12.8 Å². The number of sulfonamides is 1. The Hall–Kier alpha value is -1.05. The number of aromatic nitrogens is 1. The molecule has 1 aliphatic rings. The van der Waals surface area contributed by atoms with Gasteiger partial charge >= 0.3 is 0 Å². The van der Waals surface area contributed by atoms with E-state index in [0.717, 1.165) is 25.3 Å². The second-order valence-electron chi connectivity index (χ2n) is 4.84. The van der Waals surface area contributed by atoms with E-state index < -0.39 is 20.9 Å². The maximum absolute atomic E-state index is 13.4. The third-order valence-corrected chi connectivity index (χ3v) is 4.57. The Kier molecular flexibility index (Phi) is 4.49. The lowest BCUT2D eigenvalue weighted by molar-refractivity contribution is 0.334. The number of hydrogen-bond donors (Lipinski definition) is 2. The quantitative estimate of drug-likeness (QED) is 0.867. The van der Waals surface area contributed by atoms with E-state index in [1.54, 1.807) is 0 Å². The van der Waals surface area contributed by atoms with Gasteiger partial charge in [0.15, 0.2) is 5.82 Å². The van der Waals surface area contributed by atoms with Crippen molar-refractivity contribution in [2.24, 2.45) is 0 Å². The van der Waals surface area contributed by atoms with E-state index in [1.165, 1.54) is 12.3 Å². The standard InChI is InChI=1S/C12H18FN3O2S/c1-9-4-2-5-10(16-9)8-15-19(17,18)12-11(13)6-3-7-14-12/h3,6-7,9-10,15-16H,2,4-5,8H2,1H3. The van der Waals surface area contributed by atoms with Crippen molar-refractivity contribution in [2.75, 3.05) is 6.54 Å². The predicted molar refractivity (Wildman–Crippen MR) is 69.6 cm³/mol. The molecule has 1 fully saturated rings. The normalized spacial score (nSPS) is 24.3. The molecule has 0 amide bonds. The fraction of sp³-hybridized carbons (Fsp3) is 0.583. The van der Waals surface area contributed by atoms with Crippen LogP contribution in [-0.4, -0.2) is 32.0 Å². The number of piperidine rings is 1. The van der Waals surface area contributed by atoms with Crippen molar-refractivity contribution in [1.82, 2.24) is 15.0 Å². The second-order valence-corrected chi connectivity index (χ2v) is 6.52.